The Hall–Kier alpha value is -3.55. The van der Waals surface area contributed by atoms with E-state index in [0.29, 0.717) is 41.9 Å². The number of aliphatic carboxylic acids is 2. The molecule has 1 atom stereocenters. The van der Waals surface area contributed by atoms with Crippen molar-refractivity contribution in [1.82, 2.24) is 0 Å². The second-order valence-electron chi connectivity index (χ2n) is 11.7. The van der Waals surface area contributed by atoms with Gasteiger partial charge in [0.2, 0.25) is 6.10 Å². The summed E-state index contributed by atoms with van der Waals surface area (Å²) in [4.78, 5) is 23.4. The van der Waals surface area contributed by atoms with E-state index in [1.54, 1.807) is 18.2 Å². The van der Waals surface area contributed by atoms with Crippen LogP contribution < -0.4 is 4.74 Å². The first-order chi connectivity index (χ1) is 19.0. The summed E-state index contributed by atoms with van der Waals surface area (Å²) in [5, 5.41) is 19.1. The van der Waals surface area contributed by atoms with Crippen LogP contribution in [0.1, 0.15) is 61.6 Å². The number of halogens is 3. The number of allylic oxidation sites excluding steroid dienone is 3. The SMILES string of the molecule is O=C(O)/C=C\C(=C\CCc1ccc(OC(C(=O)O)C23CC4CC(CC(C4)C2)C3)cc1)c1cccc(C(F)(F)F)c1. The molecule has 2 N–H and O–H groups in total. The maximum absolute atomic E-state index is 13.2. The summed E-state index contributed by atoms with van der Waals surface area (Å²) in [7, 11) is 0. The second kappa shape index (κ2) is 11.1. The molecule has 2 aromatic carbocycles. The molecule has 8 heteroatoms. The van der Waals surface area contributed by atoms with E-state index in [2.05, 4.69) is 0 Å². The Morgan fingerprint density at radius 2 is 1.57 bits per heavy atom. The maximum Gasteiger partial charge on any atom is 0.416 e. The molecule has 212 valence electrons. The van der Waals surface area contributed by atoms with Gasteiger partial charge >= 0.3 is 18.1 Å². The van der Waals surface area contributed by atoms with E-state index in [1.807, 2.05) is 12.1 Å². The Kier molecular flexibility index (Phi) is 7.80. The predicted octanol–water partition coefficient (Wildman–Crippen LogP) is 7.41. The van der Waals surface area contributed by atoms with Gasteiger partial charge in [-0.05, 0) is 116 Å². The highest BCUT2D eigenvalue weighted by atomic mass is 19.4. The van der Waals surface area contributed by atoms with Crippen LogP contribution in [0.2, 0.25) is 0 Å². The number of rotatable bonds is 10. The highest BCUT2D eigenvalue weighted by Gasteiger charge is 2.57. The van der Waals surface area contributed by atoms with Crippen molar-refractivity contribution in [3.05, 3.63) is 83.4 Å². The lowest BCUT2D eigenvalue weighted by atomic mass is 9.48. The highest BCUT2D eigenvalue weighted by Crippen LogP contribution is 2.61. The van der Waals surface area contributed by atoms with E-state index in [-0.39, 0.29) is 11.0 Å². The quantitative estimate of drug-likeness (QED) is 0.236. The van der Waals surface area contributed by atoms with E-state index >= 15 is 0 Å². The molecule has 2 aromatic rings. The third-order valence-electron chi connectivity index (χ3n) is 8.77. The summed E-state index contributed by atoms with van der Waals surface area (Å²) in [6.07, 6.45) is 5.98. The van der Waals surface area contributed by atoms with E-state index in [0.717, 1.165) is 43.0 Å². The highest BCUT2D eigenvalue weighted by molar-refractivity contribution is 5.85. The zero-order valence-corrected chi connectivity index (χ0v) is 22.1. The number of hydrogen-bond acceptors (Lipinski definition) is 3. The van der Waals surface area contributed by atoms with Crippen LogP contribution >= 0.6 is 0 Å². The number of carboxylic acid groups (broad SMARTS) is 2. The minimum atomic E-state index is -4.50. The van der Waals surface area contributed by atoms with Crippen LogP contribution in [0.5, 0.6) is 5.75 Å². The number of ether oxygens (including phenoxy) is 1. The largest absolute Gasteiger partial charge is 0.478 e. The molecule has 0 aromatic heterocycles. The number of aryl methyl sites for hydroxylation is 1. The Bertz CT molecular complexity index is 1270. The normalized spacial score (nSPS) is 26.7. The van der Waals surface area contributed by atoms with E-state index in [9.17, 15) is 27.9 Å². The summed E-state index contributed by atoms with van der Waals surface area (Å²) in [5.74, 6) is 0.237. The van der Waals surface area contributed by atoms with Gasteiger partial charge in [0, 0.05) is 11.5 Å². The van der Waals surface area contributed by atoms with Gasteiger partial charge in [0.05, 0.1) is 5.56 Å². The van der Waals surface area contributed by atoms with Crippen molar-refractivity contribution in [2.45, 2.75) is 63.6 Å². The van der Waals surface area contributed by atoms with Crippen LogP contribution in [-0.4, -0.2) is 28.3 Å². The minimum Gasteiger partial charge on any atom is -0.478 e. The van der Waals surface area contributed by atoms with Gasteiger partial charge < -0.3 is 14.9 Å². The van der Waals surface area contributed by atoms with Gasteiger partial charge in [-0.2, -0.15) is 13.2 Å². The molecular weight excluding hydrogens is 521 g/mol. The van der Waals surface area contributed by atoms with E-state index in [1.165, 1.54) is 37.5 Å². The average Bonchev–Trinajstić information content (AvgIpc) is 2.88. The third kappa shape index (κ3) is 6.26. The molecule has 0 amide bonds. The van der Waals surface area contributed by atoms with E-state index < -0.39 is 29.8 Å². The number of benzene rings is 2. The number of carboxylic acids is 2. The van der Waals surface area contributed by atoms with Gasteiger partial charge in [-0.15, -0.1) is 0 Å². The van der Waals surface area contributed by atoms with E-state index in [4.69, 9.17) is 9.84 Å². The smallest absolute Gasteiger partial charge is 0.416 e. The maximum atomic E-state index is 13.2. The summed E-state index contributed by atoms with van der Waals surface area (Å²) in [5.41, 5.74) is 0.501. The van der Waals surface area contributed by atoms with Crippen LogP contribution in [-0.2, 0) is 22.2 Å². The van der Waals surface area contributed by atoms with Crippen LogP contribution in [0.25, 0.3) is 5.57 Å². The van der Waals surface area contributed by atoms with Crippen molar-refractivity contribution in [3.63, 3.8) is 0 Å². The first kappa shape index (κ1) is 28.0. The molecule has 0 radical (unpaired) electrons. The number of hydrogen-bond donors (Lipinski definition) is 2. The summed E-state index contributed by atoms with van der Waals surface area (Å²) < 4.78 is 45.7. The Morgan fingerprint density at radius 3 is 2.12 bits per heavy atom. The average molecular weight is 555 g/mol. The van der Waals surface area contributed by atoms with Crippen LogP contribution in [0.3, 0.4) is 0 Å². The Labute approximate surface area is 231 Å². The zero-order valence-electron chi connectivity index (χ0n) is 22.1. The molecule has 1 unspecified atom stereocenters. The molecule has 0 saturated heterocycles. The predicted molar refractivity (Wildman–Crippen MR) is 144 cm³/mol. The topological polar surface area (TPSA) is 83.8 Å². The fourth-order valence-corrected chi connectivity index (χ4v) is 7.52. The van der Waals surface area contributed by atoms with Crippen molar-refractivity contribution in [2.24, 2.45) is 23.2 Å². The molecule has 0 heterocycles. The van der Waals surface area contributed by atoms with Gasteiger partial charge in [0.1, 0.15) is 5.75 Å². The lowest BCUT2D eigenvalue weighted by molar-refractivity contribution is -0.166. The zero-order chi connectivity index (χ0) is 28.5. The molecule has 5 nitrogen and oxygen atoms in total. The first-order valence-electron chi connectivity index (χ1n) is 13.8. The molecule has 0 spiro atoms. The lowest BCUT2D eigenvalue weighted by Gasteiger charge is -2.58. The molecule has 4 bridgehead atoms. The van der Waals surface area contributed by atoms with Gasteiger partial charge in [-0.3, -0.25) is 0 Å². The van der Waals surface area contributed by atoms with Gasteiger partial charge in [-0.25, -0.2) is 9.59 Å². The van der Waals surface area contributed by atoms with Crippen molar-refractivity contribution < 1.29 is 37.7 Å². The van der Waals surface area contributed by atoms with Gasteiger partial charge in [0.25, 0.3) is 0 Å². The second-order valence-corrected chi connectivity index (χ2v) is 11.7. The molecule has 0 aliphatic heterocycles. The molecule has 4 aliphatic rings. The molecule has 4 aliphatic carbocycles. The molecule has 4 fully saturated rings. The molecule has 6 rings (SSSR count). The standard InChI is InChI=1S/C32H33F3O5/c33-32(34,35)26-6-2-5-25(16-26)24(9-12-28(36)37)4-1-3-20-7-10-27(11-8-20)40-29(30(38)39)31-17-21-13-22(18-31)15-23(14-21)19-31/h2,4-12,16,21-23,29H,1,3,13-15,17-19H2,(H,36,37)(H,38,39)/b12-9-,24-4-. The first-order valence-corrected chi connectivity index (χ1v) is 13.8. The number of alkyl halides is 3. The summed E-state index contributed by atoms with van der Waals surface area (Å²) in [6, 6.07) is 12.1. The van der Waals surface area contributed by atoms with Crippen LogP contribution in [0.4, 0.5) is 13.2 Å². The fourth-order valence-electron chi connectivity index (χ4n) is 7.52. The van der Waals surface area contributed by atoms with Crippen molar-refractivity contribution in [1.29, 1.82) is 0 Å². The van der Waals surface area contributed by atoms with Gasteiger partial charge in [0.15, 0.2) is 0 Å². The Morgan fingerprint density at radius 1 is 0.950 bits per heavy atom. The lowest BCUT2D eigenvalue weighted by Crippen LogP contribution is -2.55. The monoisotopic (exact) mass is 554 g/mol. The van der Waals surface area contributed by atoms with Crippen molar-refractivity contribution >= 4 is 17.5 Å². The minimum absolute atomic E-state index is 0.278. The summed E-state index contributed by atoms with van der Waals surface area (Å²) >= 11 is 0. The fraction of sp³-hybridized carbons (Fsp3) is 0.438. The number of carbonyl (C=O) groups is 2. The molecule has 40 heavy (non-hydrogen) atoms. The van der Waals surface area contributed by atoms with Crippen molar-refractivity contribution in [3.8, 4) is 5.75 Å². The van der Waals surface area contributed by atoms with Gasteiger partial charge in [-0.1, -0.05) is 30.3 Å². The molecule has 4 saturated carbocycles. The van der Waals surface area contributed by atoms with Crippen molar-refractivity contribution in [2.75, 3.05) is 0 Å². The Balaban J connectivity index is 1.26. The summed E-state index contributed by atoms with van der Waals surface area (Å²) in [6.45, 7) is 0. The van der Waals surface area contributed by atoms with Crippen LogP contribution in [0, 0.1) is 23.2 Å². The van der Waals surface area contributed by atoms with Crippen LogP contribution in [0.15, 0.2) is 66.8 Å². The molecular formula is C32H33F3O5. The third-order valence-corrected chi connectivity index (χ3v) is 8.77.